The van der Waals surface area contributed by atoms with E-state index < -0.39 is 0 Å². The smallest absolute Gasteiger partial charge is 0.121 e. The molecular weight excluding hydrogens is 316 g/mol. The van der Waals surface area contributed by atoms with Gasteiger partial charge in [-0.05, 0) is 46.3 Å². The predicted molar refractivity (Wildman–Crippen MR) is 79.8 cm³/mol. The van der Waals surface area contributed by atoms with Crippen molar-refractivity contribution in [2.24, 2.45) is 0 Å². The molecule has 0 aliphatic carbocycles. The van der Waals surface area contributed by atoms with E-state index in [9.17, 15) is 0 Å². The number of rotatable bonds is 3. The van der Waals surface area contributed by atoms with E-state index in [1.165, 1.54) is 0 Å². The maximum Gasteiger partial charge on any atom is 0.121 e. The van der Waals surface area contributed by atoms with Crippen LogP contribution >= 0.6 is 27.5 Å². The van der Waals surface area contributed by atoms with Crippen molar-refractivity contribution in [1.29, 1.82) is 0 Å². The number of benzene rings is 2. The van der Waals surface area contributed by atoms with Gasteiger partial charge in [0.05, 0.1) is 23.5 Å². The number of nitrogens with one attached hydrogen (secondary N) is 1. The number of nitrogen functional groups attached to an aromatic ring is 1. The summed E-state index contributed by atoms with van der Waals surface area (Å²) in [5.74, 6) is 0.729. The number of ether oxygens (including phenoxy) is 1. The van der Waals surface area contributed by atoms with Gasteiger partial charge in [0.25, 0.3) is 0 Å². The summed E-state index contributed by atoms with van der Waals surface area (Å²) in [7, 11) is 1.61. The lowest BCUT2D eigenvalue weighted by Gasteiger charge is -2.11. The van der Waals surface area contributed by atoms with Crippen LogP contribution in [0.1, 0.15) is 0 Å². The fourth-order valence-electron chi connectivity index (χ4n) is 1.51. The zero-order valence-electron chi connectivity index (χ0n) is 9.71. The molecule has 0 aliphatic rings. The van der Waals surface area contributed by atoms with E-state index in [1.807, 2.05) is 30.3 Å². The summed E-state index contributed by atoms with van der Waals surface area (Å²) in [5, 5.41) is 3.85. The molecule has 0 amide bonds. The Morgan fingerprint density at radius 2 is 2.00 bits per heavy atom. The molecule has 0 heterocycles. The maximum absolute atomic E-state index is 6.03. The molecular formula is C13H12BrClN2O. The van der Waals surface area contributed by atoms with Gasteiger partial charge in [-0.25, -0.2) is 0 Å². The molecule has 0 saturated heterocycles. The Bertz CT molecular complexity index is 575. The normalized spacial score (nSPS) is 10.2. The van der Waals surface area contributed by atoms with Crippen molar-refractivity contribution in [2.45, 2.75) is 0 Å². The fraction of sp³-hybridized carbons (Fsp3) is 0.0769. The van der Waals surface area contributed by atoms with Gasteiger partial charge < -0.3 is 15.8 Å². The fourth-order valence-corrected chi connectivity index (χ4v) is 1.94. The second-order valence-electron chi connectivity index (χ2n) is 3.71. The van der Waals surface area contributed by atoms with Crippen LogP contribution in [0.25, 0.3) is 0 Å². The van der Waals surface area contributed by atoms with Gasteiger partial charge >= 0.3 is 0 Å². The maximum atomic E-state index is 6.03. The van der Waals surface area contributed by atoms with Gasteiger partial charge in [-0.2, -0.15) is 0 Å². The van der Waals surface area contributed by atoms with E-state index in [4.69, 9.17) is 22.1 Å². The van der Waals surface area contributed by atoms with Gasteiger partial charge in [0.15, 0.2) is 0 Å². The Labute approximate surface area is 119 Å². The molecule has 18 heavy (non-hydrogen) atoms. The first-order chi connectivity index (χ1) is 8.60. The molecule has 0 aromatic heterocycles. The summed E-state index contributed by atoms with van der Waals surface area (Å²) in [5.41, 5.74) is 8.24. The van der Waals surface area contributed by atoms with Crippen LogP contribution in [0.2, 0.25) is 5.02 Å². The third-order valence-corrected chi connectivity index (χ3v) is 3.69. The lowest BCUT2D eigenvalue weighted by Crippen LogP contribution is -1.97. The molecule has 0 fully saturated rings. The summed E-state index contributed by atoms with van der Waals surface area (Å²) in [4.78, 5) is 0. The molecule has 0 saturated carbocycles. The highest BCUT2D eigenvalue weighted by Crippen LogP contribution is 2.30. The van der Waals surface area contributed by atoms with Gasteiger partial charge in [-0.15, -0.1) is 0 Å². The van der Waals surface area contributed by atoms with Gasteiger partial charge in [0.2, 0.25) is 0 Å². The van der Waals surface area contributed by atoms with E-state index in [-0.39, 0.29) is 0 Å². The van der Waals surface area contributed by atoms with Crippen LogP contribution in [-0.4, -0.2) is 7.11 Å². The topological polar surface area (TPSA) is 47.3 Å². The SMILES string of the molecule is COc1ccc(Nc2ccc(Br)c(Cl)c2)c(N)c1. The lowest BCUT2D eigenvalue weighted by molar-refractivity contribution is 0.415. The van der Waals surface area contributed by atoms with Gasteiger partial charge in [0, 0.05) is 16.2 Å². The zero-order chi connectivity index (χ0) is 13.1. The average Bonchev–Trinajstić information content (AvgIpc) is 2.36. The largest absolute Gasteiger partial charge is 0.497 e. The van der Waals surface area contributed by atoms with Crippen LogP contribution in [0, 0.1) is 0 Å². The van der Waals surface area contributed by atoms with Gasteiger partial charge in [0.1, 0.15) is 5.75 Å². The van der Waals surface area contributed by atoms with Crippen molar-refractivity contribution in [3.8, 4) is 5.75 Å². The van der Waals surface area contributed by atoms with Crippen LogP contribution in [0.3, 0.4) is 0 Å². The molecule has 2 aromatic carbocycles. The monoisotopic (exact) mass is 326 g/mol. The molecule has 0 atom stereocenters. The minimum Gasteiger partial charge on any atom is -0.497 e. The first-order valence-electron chi connectivity index (χ1n) is 5.26. The van der Waals surface area contributed by atoms with Crippen LogP contribution in [0.5, 0.6) is 5.75 Å². The summed E-state index contributed by atoms with van der Waals surface area (Å²) >= 11 is 9.38. The average molecular weight is 328 g/mol. The number of hydrogen-bond donors (Lipinski definition) is 2. The molecule has 0 unspecified atom stereocenters. The molecule has 3 nitrogen and oxygen atoms in total. The molecule has 0 bridgehead atoms. The van der Waals surface area contributed by atoms with Crippen molar-refractivity contribution >= 4 is 44.6 Å². The zero-order valence-corrected chi connectivity index (χ0v) is 12.0. The first-order valence-corrected chi connectivity index (χ1v) is 6.43. The van der Waals surface area contributed by atoms with Crippen molar-refractivity contribution in [1.82, 2.24) is 0 Å². The van der Waals surface area contributed by atoms with E-state index in [1.54, 1.807) is 13.2 Å². The first kappa shape index (κ1) is 13.1. The minimum atomic E-state index is 0.619. The Hall–Kier alpha value is -1.39. The van der Waals surface area contributed by atoms with E-state index >= 15 is 0 Å². The van der Waals surface area contributed by atoms with Crippen LogP contribution in [-0.2, 0) is 0 Å². The van der Waals surface area contributed by atoms with Crippen molar-refractivity contribution in [3.05, 3.63) is 45.9 Å². The second-order valence-corrected chi connectivity index (χ2v) is 4.97. The molecule has 3 N–H and O–H groups in total. The summed E-state index contributed by atoms with van der Waals surface area (Å²) in [6.45, 7) is 0. The number of anilines is 3. The summed E-state index contributed by atoms with van der Waals surface area (Å²) in [6, 6.07) is 11.1. The van der Waals surface area contributed by atoms with Crippen LogP contribution < -0.4 is 15.8 Å². The highest BCUT2D eigenvalue weighted by atomic mass is 79.9. The Kier molecular flexibility index (Phi) is 3.99. The lowest BCUT2D eigenvalue weighted by atomic mass is 10.2. The Morgan fingerprint density at radius 1 is 1.22 bits per heavy atom. The highest BCUT2D eigenvalue weighted by Gasteiger charge is 2.03. The molecule has 0 radical (unpaired) electrons. The van der Waals surface area contributed by atoms with E-state index in [0.29, 0.717) is 10.7 Å². The summed E-state index contributed by atoms with van der Waals surface area (Å²) in [6.07, 6.45) is 0. The number of nitrogens with two attached hydrogens (primary N) is 1. The van der Waals surface area contributed by atoms with Gasteiger partial charge in [-0.3, -0.25) is 0 Å². The van der Waals surface area contributed by atoms with Crippen molar-refractivity contribution < 1.29 is 4.74 Å². The number of halogens is 2. The quantitative estimate of drug-likeness (QED) is 0.819. The molecule has 94 valence electrons. The predicted octanol–water partition coefficient (Wildman–Crippen LogP) is 4.44. The van der Waals surface area contributed by atoms with Crippen molar-refractivity contribution in [3.63, 3.8) is 0 Å². The standard InChI is InChI=1S/C13H12BrClN2O/c1-18-9-3-5-13(12(16)7-9)17-8-2-4-10(14)11(15)6-8/h2-7,17H,16H2,1H3. The Morgan fingerprint density at radius 3 is 2.61 bits per heavy atom. The number of hydrogen-bond acceptors (Lipinski definition) is 3. The third-order valence-electron chi connectivity index (χ3n) is 2.46. The Balaban J connectivity index is 2.25. The molecule has 2 rings (SSSR count). The van der Waals surface area contributed by atoms with Crippen molar-refractivity contribution in [2.75, 3.05) is 18.2 Å². The third kappa shape index (κ3) is 2.89. The molecule has 0 spiro atoms. The van der Waals surface area contributed by atoms with E-state index in [2.05, 4.69) is 21.2 Å². The van der Waals surface area contributed by atoms with Crippen LogP contribution in [0.4, 0.5) is 17.1 Å². The highest BCUT2D eigenvalue weighted by molar-refractivity contribution is 9.10. The van der Waals surface area contributed by atoms with Crippen LogP contribution in [0.15, 0.2) is 40.9 Å². The molecule has 0 aliphatic heterocycles. The summed E-state index contributed by atoms with van der Waals surface area (Å²) < 4.78 is 5.96. The molecule has 2 aromatic rings. The van der Waals surface area contributed by atoms with Gasteiger partial charge in [-0.1, -0.05) is 11.6 Å². The molecule has 5 heteroatoms. The van der Waals surface area contributed by atoms with E-state index in [0.717, 1.165) is 21.6 Å². The second kappa shape index (κ2) is 5.50. The minimum absolute atomic E-state index is 0.619. The number of methoxy groups -OCH3 is 1.